The summed E-state index contributed by atoms with van der Waals surface area (Å²) in [6, 6.07) is 87.7. The van der Waals surface area contributed by atoms with Crippen LogP contribution in [0.3, 0.4) is 0 Å². The van der Waals surface area contributed by atoms with Crippen LogP contribution < -0.4 is 20.7 Å². The Labute approximate surface area is 366 Å². The van der Waals surface area contributed by atoms with Crippen molar-refractivity contribution in [3.05, 3.63) is 237 Å². The summed E-state index contributed by atoms with van der Waals surface area (Å²) in [4.78, 5) is 0. The molecule has 10 aromatic carbocycles. The van der Waals surface area contributed by atoms with E-state index in [0.29, 0.717) is 0 Å². The van der Waals surface area contributed by atoms with E-state index < -0.39 is 8.07 Å². The smallest absolute Gasteiger partial charge is 0.180 e. The van der Waals surface area contributed by atoms with Gasteiger partial charge in [0, 0.05) is 27.2 Å². The number of aromatic nitrogens is 1. The molecular formula is C60H39NOSi. The molecule has 0 saturated carbocycles. The number of fused-ring (bicyclic) bond motifs is 9. The summed E-state index contributed by atoms with van der Waals surface area (Å²) >= 11 is 0. The molecule has 2 aromatic heterocycles. The lowest BCUT2D eigenvalue weighted by molar-refractivity contribution is 0.669. The van der Waals surface area contributed by atoms with E-state index in [2.05, 4.69) is 235 Å². The van der Waals surface area contributed by atoms with Gasteiger partial charge in [-0.15, -0.1) is 0 Å². The molecule has 2 nitrogen and oxygen atoms in total. The van der Waals surface area contributed by atoms with Crippen LogP contribution in [0.5, 0.6) is 0 Å². The standard InChI is InChI=1S/C60H39NOSi/c1-5-15-40(16-6-1)42-26-32-55-52(35-42)53-36-43(41-17-7-2-8-18-41)27-33-56(53)61(55)46-29-31-51-50-30-25-45(44-28-34-58-54(37-44)49-23-13-14-24-57(49)62-58)38-59(50)63(60(51)39-46,47-19-9-3-10-20-47)48-21-11-4-12-22-48/h1-39H. The monoisotopic (exact) mass is 817 g/mol. The third-order valence-corrected chi connectivity index (χ3v) is 18.3. The first-order valence-corrected chi connectivity index (χ1v) is 23.7. The fourth-order valence-electron chi connectivity index (χ4n) is 10.6. The Morgan fingerprint density at radius 1 is 0.302 bits per heavy atom. The van der Waals surface area contributed by atoms with Crippen LogP contribution in [-0.4, -0.2) is 12.6 Å². The van der Waals surface area contributed by atoms with E-state index >= 15 is 0 Å². The zero-order chi connectivity index (χ0) is 41.5. The number of benzene rings is 10. The van der Waals surface area contributed by atoms with E-state index in [9.17, 15) is 0 Å². The molecule has 0 N–H and O–H groups in total. The molecule has 3 heterocycles. The predicted octanol–water partition coefficient (Wildman–Crippen LogP) is 13.0. The van der Waals surface area contributed by atoms with Gasteiger partial charge in [-0.3, -0.25) is 0 Å². The van der Waals surface area contributed by atoms with Gasteiger partial charge in [0.2, 0.25) is 0 Å². The lowest BCUT2D eigenvalue weighted by atomic mass is 9.99. The van der Waals surface area contributed by atoms with Crippen LogP contribution in [-0.2, 0) is 0 Å². The van der Waals surface area contributed by atoms with Gasteiger partial charge >= 0.3 is 0 Å². The van der Waals surface area contributed by atoms with Crippen molar-refractivity contribution >= 4 is 72.6 Å². The van der Waals surface area contributed by atoms with Crippen molar-refractivity contribution in [1.82, 2.24) is 4.57 Å². The molecule has 0 spiro atoms. The van der Waals surface area contributed by atoms with Gasteiger partial charge in [-0.05, 0) is 120 Å². The molecule has 12 aromatic rings. The number of rotatable bonds is 6. The van der Waals surface area contributed by atoms with Gasteiger partial charge in [0.1, 0.15) is 11.2 Å². The Morgan fingerprint density at radius 3 is 1.37 bits per heavy atom. The van der Waals surface area contributed by atoms with Crippen molar-refractivity contribution in [2.75, 3.05) is 0 Å². The second-order valence-corrected chi connectivity index (χ2v) is 20.5. The molecule has 0 saturated heterocycles. The molecule has 3 heteroatoms. The predicted molar refractivity (Wildman–Crippen MR) is 267 cm³/mol. The lowest BCUT2D eigenvalue weighted by Gasteiger charge is -2.32. The van der Waals surface area contributed by atoms with Crippen molar-refractivity contribution in [3.8, 4) is 50.2 Å². The molecule has 0 aliphatic carbocycles. The quantitative estimate of drug-likeness (QED) is 0.153. The minimum atomic E-state index is -2.89. The van der Waals surface area contributed by atoms with Gasteiger partial charge in [-0.1, -0.05) is 182 Å². The Morgan fingerprint density at radius 2 is 0.746 bits per heavy atom. The number of furan rings is 1. The van der Waals surface area contributed by atoms with Crippen LogP contribution in [0, 0.1) is 0 Å². The van der Waals surface area contributed by atoms with Crippen LogP contribution in [0.1, 0.15) is 0 Å². The van der Waals surface area contributed by atoms with Crippen molar-refractivity contribution in [2.24, 2.45) is 0 Å². The lowest BCUT2D eigenvalue weighted by Crippen LogP contribution is -2.72. The van der Waals surface area contributed by atoms with Crippen LogP contribution >= 0.6 is 0 Å². The first-order chi connectivity index (χ1) is 31.2. The largest absolute Gasteiger partial charge is 0.456 e. The summed E-state index contributed by atoms with van der Waals surface area (Å²) in [7, 11) is -2.89. The second-order valence-electron chi connectivity index (χ2n) is 16.8. The normalized spacial score (nSPS) is 12.9. The van der Waals surface area contributed by atoms with Gasteiger partial charge < -0.3 is 8.98 Å². The molecule has 0 bridgehead atoms. The number of nitrogens with zero attached hydrogens (tertiary/aromatic N) is 1. The topological polar surface area (TPSA) is 18.1 Å². The molecule has 0 radical (unpaired) electrons. The van der Waals surface area contributed by atoms with Gasteiger partial charge in [-0.2, -0.15) is 0 Å². The van der Waals surface area contributed by atoms with Crippen molar-refractivity contribution in [3.63, 3.8) is 0 Å². The second kappa shape index (κ2) is 14.0. The molecule has 13 rings (SSSR count). The highest BCUT2D eigenvalue weighted by atomic mass is 28.3. The average Bonchev–Trinajstić information content (AvgIpc) is 4.00. The third-order valence-electron chi connectivity index (χ3n) is 13.5. The van der Waals surface area contributed by atoms with E-state index in [0.717, 1.165) is 21.9 Å². The Kier molecular flexibility index (Phi) is 7.96. The average molecular weight is 818 g/mol. The molecule has 0 unspecified atom stereocenters. The molecule has 294 valence electrons. The fraction of sp³-hybridized carbons (Fsp3) is 0. The summed E-state index contributed by atoms with van der Waals surface area (Å²) in [5.41, 5.74) is 15.3. The summed E-state index contributed by atoms with van der Waals surface area (Å²) in [5, 5.41) is 10.4. The highest BCUT2D eigenvalue weighted by molar-refractivity contribution is 7.22. The molecule has 0 amide bonds. The van der Waals surface area contributed by atoms with Crippen molar-refractivity contribution < 1.29 is 4.42 Å². The fourth-order valence-corrected chi connectivity index (χ4v) is 15.9. The van der Waals surface area contributed by atoms with Crippen molar-refractivity contribution in [1.29, 1.82) is 0 Å². The summed E-state index contributed by atoms with van der Waals surface area (Å²) < 4.78 is 8.76. The maximum Gasteiger partial charge on any atom is 0.180 e. The first-order valence-electron chi connectivity index (χ1n) is 21.7. The van der Waals surface area contributed by atoms with E-state index in [-0.39, 0.29) is 0 Å². The number of para-hydroxylation sites is 1. The van der Waals surface area contributed by atoms with E-state index in [1.807, 2.05) is 6.07 Å². The summed E-state index contributed by atoms with van der Waals surface area (Å²) in [5.74, 6) is 0. The van der Waals surface area contributed by atoms with E-state index in [4.69, 9.17) is 4.42 Å². The van der Waals surface area contributed by atoms with Crippen molar-refractivity contribution in [2.45, 2.75) is 0 Å². The maximum absolute atomic E-state index is 6.26. The van der Waals surface area contributed by atoms with Crippen LogP contribution in [0.2, 0.25) is 0 Å². The first kappa shape index (κ1) is 35.7. The van der Waals surface area contributed by atoms with E-state index in [1.165, 1.54) is 92.7 Å². The SMILES string of the molecule is c1ccc(-c2ccc3c(c2)c2cc(-c4ccccc4)ccc2n3-c2ccc3c(c2)[Si](c2ccccc2)(c2ccccc2)c2cc(-c4ccc5oc6ccccc6c5c4)ccc2-3)cc1. The van der Waals surface area contributed by atoms with Gasteiger partial charge in [-0.25, -0.2) is 0 Å². The van der Waals surface area contributed by atoms with Crippen LogP contribution in [0.15, 0.2) is 241 Å². The van der Waals surface area contributed by atoms with Gasteiger partial charge in [0.25, 0.3) is 0 Å². The molecule has 63 heavy (non-hydrogen) atoms. The highest BCUT2D eigenvalue weighted by Gasteiger charge is 2.49. The Balaban J connectivity index is 1.06. The van der Waals surface area contributed by atoms with Gasteiger partial charge in [0.05, 0.1) is 11.0 Å². The zero-order valence-corrected chi connectivity index (χ0v) is 35.4. The number of hydrogen-bond donors (Lipinski definition) is 0. The van der Waals surface area contributed by atoms with Crippen LogP contribution in [0.4, 0.5) is 0 Å². The number of hydrogen-bond acceptors (Lipinski definition) is 1. The van der Waals surface area contributed by atoms with E-state index in [1.54, 1.807) is 0 Å². The van der Waals surface area contributed by atoms with Crippen LogP contribution in [0.25, 0.3) is 93.9 Å². The highest BCUT2D eigenvalue weighted by Crippen LogP contribution is 2.40. The summed E-state index contributed by atoms with van der Waals surface area (Å²) in [6.07, 6.45) is 0. The molecule has 1 aliphatic heterocycles. The van der Waals surface area contributed by atoms with Gasteiger partial charge in [0.15, 0.2) is 8.07 Å². The summed E-state index contributed by atoms with van der Waals surface area (Å²) in [6.45, 7) is 0. The maximum atomic E-state index is 6.26. The molecule has 0 fully saturated rings. The third kappa shape index (κ3) is 5.43. The Bertz CT molecular complexity index is 3580. The minimum Gasteiger partial charge on any atom is -0.456 e. The molecule has 1 aliphatic rings. The zero-order valence-electron chi connectivity index (χ0n) is 34.4. The molecular weight excluding hydrogens is 779 g/mol. The minimum absolute atomic E-state index is 0.913. The Hall–Kier alpha value is -7.98. The molecule has 0 atom stereocenters.